The van der Waals surface area contributed by atoms with Gasteiger partial charge in [0.15, 0.2) is 0 Å². The van der Waals surface area contributed by atoms with Crippen LogP contribution in [0.4, 0.5) is 0 Å². The second kappa shape index (κ2) is 7.66. The molecule has 21 heavy (non-hydrogen) atoms. The maximum atomic E-state index is 9.92. The molecule has 0 spiro atoms. The van der Waals surface area contributed by atoms with Crippen molar-refractivity contribution in [3.05, 3.63) is 23.8 Å². The number of benzene rings is 1. The zero-order chi connectivity index (χ0) is 15.2. The number of hydrogen-bond donors (Lipinski definition) is 3. The van der Waals surface area contributed by atoms with Crippen LogP contribution in [0, 0.1) is 0 Å². The third-order valence-corrected chi connectivity index (χ3v) is 4.38. The highest BCUT2D eigenvalue weighted by Crippen LogP contribution is 2.28. The largest absolute Gasteiger partial charge is 0.508 e. The molecule has 118 valence electrons. The van der Waals surface area contributed by atoms with Crippen molar-refractivity contribution in [3.8, 4) is 11.5 Å². The van der Waals surface area contributed by atoms with Crippen molar-refractivity contribution in [1.29, 1.82) is 0 Å². The van der Waals surface area contributed by atoms with E-state index in [1.807, 2.05) is 0 Å². The van der Waals surface area contributed by atoms with Gasteiger partial charge in [-0.2, -0.15) is 0 Å². The molecular formula is C17H28N2O2. The molecule has 0 bridgehead atoms. The Morgan fingerprint density at radius 2 is 2.00 bits per heavy atom. The van der Waals surface area contributed by atoms with Gasteiger partial charge < -0.3 is 20.4 Å². The highest BCUT2D eigenvalue weighted by molar-refractivity contribution is 5.40. The van der Waals surface area contributed by atoms with E-state index in [-0.39, 0.29) is 17.5 Å². The second-order valence-electron chi connectivity index (χ2n) is 6.10. The monoisotopic (exact) mass is 292 g/mol. The summed E-state index contributed by atoms with van der Waals surface area (Å²) < 4.78 is 0. The average molecular weight is 292 g/mol. The van der Waals surface area contributed by atoms with Crippen molar-refractivity contribution in [2.45, 2.75) is 51.6 Å². The highest BCUT2D eigenvalue weighted by Gasteiger charge is 2.21. The van der Waals surface area contributed by atoms with Gasteiger partial charge in [-0.1, -0.05) is 19.4 Å². The molecule has 1 unspecified atom stereocenters. The lowest BCUT2D eigenvalue weighted by molar-refractivity contribution is 0.189. The van der Waals surface area contributed by atoms with Gasteiger partial charge in [-0.3, -0.25) is 0 Å². The zero-order valence-corrected chi connectivity index (χ0v) is 13.2. The number of likely N-dealkylation sites (tertiary alicyclic amines) is 1. The van der Waals surface area contributed by atoms with Gasteiger partial charge in [-0.15, -0.1) is 0 Å². The summed E-state index contributed by atoms with van der Waals surface area (Å²) in [7, 11) is 0. The lowest BCUT2D eigenvalue weighted by atomic mass is 10.0. The van der Waals surface area contributed by atoms with Crippen LogP contribution >= 0.6 is 0 Å². The number of unbranched alkanes of at least 4 members (excludes halogenated alkanes) is 1. The third kappa shape index (κ3) is 4.61. The fourth-order valence-corrected chi connectivity index (χ4v) is 3.05. The number of nitrogens with one attached hydrogen (secondary N) is 1. The van der Waals surface area contributed by atoms with Gasteiger partial charge in [0.05, 0.1) is 0 Å². The maximum Gasteiger partial charge on any atom is 0.124 e. The predicted octanol–water partition coefficient (Wildman–Crippen LogP) is 3.01. The van der Waals surface area contributed by atoms with Crippen LogP contribution in [0.3, 0.4) is 0 Å². The average Bonchev–Trinajstić information content (AvgIpc) is 2.46. The molecule has 1 atom stereocenters. The number of piperidine rings is 1. The number of phenols is 2. The molecule has 2 rings (SSSR count). The van der Waals surface area contributed by atoms with Crippen LogP contribution in [0.15, 0.2) is 18.2 Å². The molecule has 0 radical (unpaired) electrons. The summed E-state index contributed by atoms with van der Waals surface area (Å²) in [6, 6.07) is 5.42. The summed E-state index contributed by atoms with van der Waals surface area (Å²) in [4.78, 5) is 2.55. The fourth-order valence-electron chi connectivity index (χ4n) is 3.05. The Morgan fingerprint density at radius 3 is 2.62 bits per heavy atom. The summed E-state index contributed by atoms with van der Waals surface area (Å²) >= 11 is 0. The quantitative estimate of drug-likeness (QED) is 0.754. The van der Waals surface area contributed by atoms with E-state index in [0.29, 0.717) is 6.04 Å². The zero-order valence-electron chi connectivity index (χ0n) is 13.2. The van der Waals surface area contributed by atoms with E-state index in [2.05, 4.69) is 24.1 Å². The molecule has 0 saturated carbocycles. The molecule has 4 nitrogen and oxygen atoms in total. The minimum atomic E-state index is 0.0952. The van der Waals surface area contributed by atoms with Gasteiger partial charge in [-0.05, 0) is 51.9 Å². The molecular weight excluding hydrogens is 264 g/mol. The molecule has 0 aliphatic carbocycles. The van der Waals surface area contributed by atoms with Crippen molar-refractivity contribution in [2.75, 3.05) is 19.6 Å². The van der Waals surface area contributed by atoms with Gasteiger partial charge in [0.25, 0.3) is 0 Å². The van der Waals surface area contributed by atoms with E-state index in [0.717, 1.165) is 31.5 Å². The van der Waals surface area contributed by atoms with Crippen molar-refractivity contribution in [3.63, 3.8) is 0 Å². The topological polar surface area (TPSA) is 55.7 Å². The number of nitrogens with zero attached hydrogens (tertiary/aromatic N) is 1. The molecule has 1 saturated heterocycles. The van der Waals surface area contributed by atoms with Crippen LogP contribution in [0.2, 0.25) is 0 Å². The molecule has 1 aromatic rings. The summed E-state index contributed by atoms with van der Waals surface area (Å²) in [6.45, 7) is 7.84. The summed E-state index contributed by atoms with van der Waals surface area (Å²) in [5.41, 5.74) is 0.848. The van der Waals surface area contributed by atoms with Crippen molar-refractivity contribution in [1.82, 2.24) is 10.2 Å². The number of phenolic OH excluding ortho intramolecular Hbond substituents is 2. The Morgan fingerprint density at radius 1 is 1.29 bits per heavy atom. The van der Waals surface area contributed by atoms with Gasteiger partial charge >= 0.3 is 0 Å². The highest BCUT2D eigenvalue weighted by atomic mass is 16.3. The van der Waals surface area contributed by atoms with E-state index in [1.54, 1.807) is 12.1 Å². The molecule has 3 N–H and O–H groups in total. The summed E-state index contributed by atoms with van der Waals surface area (Å²) in [5, 5.41) is 22.9. The lowest BCUT2D eigenvalue weighted by Gasteiger charge is -2.34. The standard InChI is InChI=1S/C17H28N2O2/c1-3-4-9-19-10-7-14(8-11-19)18-13(2)16-6-5-15(20)12-17(16)21/h5-6,12-14,18,20-21H,3-4,7-11H2,1-2H3. The first-order chi connectivity index (χ1) is 10.1. The van der Waals surface area contributed by atoms with Gasteiger partial charge in [0, 0.05) is 23.7 Å². The molecule has 1 aliphatic rings. The Balaban J connectivity index is 1.82. The lowest BCUT2D eigenvalue weighted by Crippen LogP contribution is -2.43. The van der Waals surface area contributed by atoms with Crippen LogP contribution < -0.4 is 5.32 Å². The predicted molar refractivity (Wildman–Crippen MR) is 85.7 cm³/mol. The van der Waals surface area contributed by atoms with Gasteiger partial charge in [-0.25, -0.2) is 0 Å². The fraction of sp³-hybridized carbons (Fsp3) is 0.647. The van der Waals surface area contributed by atoms with E-state index in [1.165, 1.54) is 25.5 Å². The minimum Gasteiger partial charge on any atom is -0.508 e. The normalized spacial score (nSPS) is 18.8. The number of aromatic hydroxyl groups is 2. The molecule has 1 fully saturated rings. The Bertz CT molecular complexity index is 442. The summed E-state index contributed by atoms with van der Waals surface area (Å²) in [6.07, 6.45) is 4.87. The Labute approximate surface area is 127 Å². The van der Waals surface area contributed by atoms with Gasteiger partial charge in [0.1, 0.15) is 11.5 Å². The Kier molecular flexibility index (Phi) is 5.88. The first kappa shape index (κ1) is 16.1. The molecule has 1 heterocycles. The first-order valence-electron chi connectivity index (χ1n) is 8.10. The SMILES string of the molecule is CCCCN1CCC(NC(C)c2ccc(O)cc2O)CC1. The molecule has 1 aliphatic heterocycles. The molecule has 1 aromatic carbocycles. The van der Waals surface area contributed by atoms with Crippen molar-refractivity contribution in [2.24, 2.45) is 0 Å². The van der Waals surface area contributed by atoms with Crippen LogP contribution in [-0.2, 0) is 0 Å². The maximum absolute atomic E-state index is 9.92. The molecule has 4 heteroatoms. The van der Waals surface area contributed by atoms with Crippen molar-refractivity contribution >= 4 is 0 Å². The number of rotatable bonds is 6. The smallest absolute Gasteiger partial charge is 0.124 e. The van der Waals surface area contributed by atoms with Crippen LogP contribution in [0.25, 0.3) is 0 Å². The van der Waals surface area contributed by atoms with E-state index in [9.17, 15) is 10.2 Å². The first-order valence-corrected chi connectivity index (χ1v) is 8.10. The third-order valence-electron chi connectivity index (χ3n) is 4.38. The summed E-state index contributed by atoms with van der Waals surface area (Å²) in [5.74, 6) is 0.267. The van der Waals surface area contributed by atoms with E-state index in [4.69, 9.17) is 0 Å². The van der Waals surface area contributed by atoms with Crippen LogP contribution in [-0.4, -0.2) is 40.8 Å². The minimum absolute atomic E-state index is 0.0952. The van der Waals surface area contributed by atoms with Gasteiger partial charge in [0.2, 0.25) is 0 Å². The van der Waals surface area contributed by atoms with Crippen LogP contribution in [0.5, 0.6) is 11.5 Å². The number of hydrogen-bond acceptors (Lipinski definition) is 4. The van der Waals surface area contributed by atoms with Crippen LogP contribution in [0.1, 0.15) is 51.1 Å². The van der Waals surface area contributed by atoms with E-state index >= 15 is 0 Å². The molecule has 0 amide bonds. The van der Waals surface area contributed by atoms with Crippen molar-refractivity contribution < 1.29 is 10.2 Å². The Hall–Kier alpha value is -1.26. The second-order valence-corrected chi connectivity index (χ2v) is 6.10. The molecule has 0 aromatic heterocycles. The van der Waals surface area contributed by atoms with E-state index < -0.39 is 0 Å².